The fourth-order valence-electron chi connectivity index (χ4n) is 12.3. The van der Waals surface area contributed by atoms with Gasteiger partial charge >= 0.3 is 0 Å². The van der Waals surface area contributed by atoms with Crippen molar-refractivity contribution in [3.63, 3.8) is 0 Å². The number of nitrogens with zero attached hydrogens (tertiary/aromatic N) is 4. The molecule has 65 heavy (non-hydrogen) atoms. The second-order valence-electron chi connectivity index (χ2n) is 19.8. The van der Waals surface area contributed by atoms with Gasteiger partial charge in [0.15, 0.2) is 28.9 Å². The van der Waals surface area contributed by atoms with E-state index in [1.54, 1.807) is 0 Å². The molecule has 4 aromatic rings. The predicted molar refractivity (Wildman–Crippen MR) is 244 cm³/mol. The first-order chi connectivity index (χ1) is 31.2. The van der Waals surface area contributed by atoms with Crippen LogP contribution in [0.4, 0.5) is 0 Å². The maximum absolute atomic E-state index is 13.9. The van der Waals surface area contributed by atoms with Gasteiger partial charge in [0.2, 0.25) is 0 Å². The van der Waals surface area contributed by atoms with Gasteiger partial charge in [-0.15, -0.1) is 0 Å². The molecule has 0 aliphatic heterocycles. The van der Waals surface area contributed by atoms with E-state index < -0.39 is 5.41 Å². The number of rotatable bonds is 10. The summed E-state index contributed by atoms with van der Waals surface area (Å²) in [6.07, 6.45) is 15.2. The molecule has 10 atom stereocenters. The monoisotopic (exact) mass is 880 g/mol. The molecule has 7 aliphatic carbocycles. The predicted octanol–water partition coefficient (Wildman–Crippen LogP) is 9.42. The van der Waals surface area contributed by atoms with Gasteiger partial charge in [-0.25, -0.2) is 0 Å². The summed E-state index contributed by atoms with van der Waals surface area (Å²) in [5.41, 5.74) is 4.12. The number of fused-ring (bicyclic) bond motifs is 12. The largest absolute Gasteiger partial charge is 0.507 e. The fourth-order valence-corrected chi connectivity index (χ4v) is 12.3. The Bertz CT molecular complexity index is 2570. The van der Waals surface area contributed by atoms with Crippen LogP contribution < -0.4 is 9.47 Å². The number of aromatic nitrogens is 2. The highest BCUT2D eigenvalue weighted by atomic mass is 16.5. The van der Waals surface area contributed by atoms with E-state index in [-0.39, 0.29) is 47.0 Å². The summed E-state index contributed by atoms with van der Waals surface area (Å²) in [6, 6.07) is 19.3. The maximum Gasteiger partial charge on any atom is 0.265 e. The van der Waals surface area contributed by atoms with Crippen LogP contribution in [0.2, 0.25) is 0 Å². The van der Waals surface area contributed by atoms with Gasteiger partial charge in [0, 0.05) is 22.8 Å². The summed E-state index contributed by atoms with van der Waals surface area (Å²) in [5.74, 6) is 5.29. The molecule has 11 rings (SSSR count). The summed E-state index contributed by atoms with van der Waals surface area (Å²) < 4.78 is 22.6. The van der Waals surface area contributed by atoms with Crippen LogP contribution in [-0.4, -0.2) is 70.8 Å². The lowest BCUT2D eigenvalue weighted by Crippen LogP contribution is -2.50. The number of benzene rings is 2. The highest BCUT2D eigenvalue weighted by Gasteiger charge is 2.62. The lowest BCUT2D eigenvalue weighted by Gasteiger charge is -2.50. The van der Waals surface area contributed by atoms with Gasteiger partial charge < -0.3 is 28.5 Å². The second-order valence-corrected chi connectivity index (χ2v) is 19.8. The first-order valence-corrected chi connectivity index (χ1v) is 22.9. The van der Waals surface area contributed by atoms with Crippen molar-refractivity contribution in [2.75, 3.05) is 28.2 Å². The first kappa shape index (κ1) is 44.4. The van der Waals surface area contributed by atoms with Gasteiger partial charge in [-0.05, 0) is 131 Å². The molecule has 0 saturated heterocycles. The van der Waals surface area contributed by atoms with Crippen molar-refractivity contribution in [3.05, 3.63) is 136 Å². The van der Waals surface area contributed by atoms with Gasteiger partial charge in [0.25, 0.3) is 11.8 Å². The Morgan fingerprint density at radius 2 is 1.37 bits per heavy atom. The molecule has 2 heterocycles. The van der Waals surface area contributed by atoms with Crippen LogP contribution in [-0.2, 0) is 29.3 Å². The van der Waals surface area contributed by atoms with E-state index in [0.717, 1.165) is 30.4 Å². The molecule has 12 nitrogen and oxygen atoms in total. The summed E-state index contributed by atoms with van der Waals surface area (Å²) in [5, 5.41) is 19.5. The Morgan fingerprint density at radius 1 is 0.800 bits per heavy atom. The summed E-state index contributed by atoms with van der Waals surface area (Å²) in [4.78, 5) is 41.4. The van der Waals surface area contributed by atoms with Gasteiger partial charge in [0.05, 0.1) is 12.6 Å². The number of ether oxygens (including phenoxy) is 2. The molecular weight excluding hydrogens is 821 g/mol. The quantitative estimate of drug-likeness (QED) is 0.120. The molecule has 4 bridgehead atoms. The smallest absolute Gasteiger partial charge is 0.265 e. The Kier molecular flexibility index (Phi) is 12.2. The number of aliphatic hydroxyl groups is 1. The summed E-state index contributed by atoms with van der Waals surface area (Å²) >= 11 is 0. The van der Waals surface area contributed by atoms with Gasteiger partial charge in [-0.2, -0.15) is 0 Å². The van der Waals surface area contributed by atoms with E-state index >= 15 is 0 Å². The van der Waals surface area contributed by atoms with E-state index in [0.29, 0.717) is 89.3 Å². The highest BCUT2D eigenvalue weighted by Crippen LogP contribution is 2.65. The van der Waals surface area contributed by atoms with E-state index in [1.807, 2.05) is 99.8 Å². The van der Waals surface area contributed by atoms with E-state index in [4.69, 9.17) is 18.5 Å². The number of aliphatic hydroxyl groups excluding tert-OH is 1. The lowest BCUT2D eigenvalue weighted by atomic mass is 9.55. The third kappa shape index (κ3) is 8.24. The molecule has 1 N–H and O–H groups in total. The van der Waals surface area contributed by atoms with Gasteiger partial charge in [-0.1, -0.05) is 97.5 Å². The molecule has 2 aromatic heterocycles. The molecule has 12 heteroatoms. The van der Waals surface area contributed by atoms with Crippen molar-refractivity contribution < 1.29 is 38.0 Å². The van der Waals surface area contributed by atoms with Crippen LogP contribution in [0.3, 0.4) is 0 Å². The maximum atomic E-state index is 13.9. The molecule has 3 fully saturated rings. The number of hydrogen-bond donors (Lipinski definition) is 1. The standard InChI is InChI=1S/C26H28N2O4.C15H18N2O3.C12H14O/c1-26-12-17-15-9-10-16(11-15)18(17)21(29)20(26)22(30)19-23(24(26)28(2)3)32-27-25(19)31-13-14-7-5-4-6-8-14;1-11(18)14-13(9-17(2)3)20-16-15(14)19-10-12-7-5-4-6-8-12;1-7-4-10-8-2-3-9(6-8)12(10)11(13)5-7/h4-10,15-18,24,30H,11-13H2,1-3H3;4-8H,9-10H2,1-3H3;2-3,5,8-10,12H,4,6H2,1H3/t15-,16+,17-,18+,24-,26+;;8-,9+,10-,12+/m0.0/s1. The van der Waals surface area contributed by atoms with E-state index in [9.17, 15) is 19.5 Å². The van der Waals surface area contributed by atoms with Crippen LogP contribution in [0.1, 0.15) is 91.1 Å². The Balaban J connectivity index is 0.000000137. The van der Waals surface area contributed by atoms with Crippen LogP contribution in [0.25, 0.3) is 5.76 Å². The van der Waals surface area contributed by atoms with Crippen LogP contribution in [0, 0.1) is 52.8 Å². The van der Waals surface area contributed by atoms with Gasteiger partial charge in [-0.3, -0.25) is 19.3 Å². The number of carbonyl (C=O) groups is 3. The van der Waals surface area contributed by atoms with Crippen LogP contribution in [0.15, 0.2) is 111 Å². The molecule has 340 valence electrons. The molecule has 0 unspecified atom stereocenters. The van der Waals surface area contributed by atoms with Crippen molar-refractivity contribution in [2.24, 2.45) is 52.8 Å². The Morgan fingerprint density at radius 3 is 1.97 bits per heavy atom. The van der Waals surface area contributed by atoms with Crippen molar-refractivity contribution in [1.29, 1.82) is 0 Å². The molecular formula is C53H60N4O8. The highest BCUT2D eigenvalue weighted by molar-refractivity contribution is 6.07. The summed E-state index contributed by atoms with van der Waals surface area (Å²) in [7, 11) is 7.78. The Labute approximate surface area is 381 Å². The molecule has 2 aromatic carbocycles. The number of ketones is 3. The molecule has 0 radical (unpaired) electrons. The zero-order valence-corrected chi connectivity index (χ0v) is 38.4. The minimum absolute atomic E-state index is 0.0138. The van der Waals surface area contributed by atoms with Crippen molar-refractivity contribution in [3.8, 4) is 11.8 Å². The van der Waals surface area contributed by atoms with Crippen LogP contribution >= 0.6 is 0 Å². The van der Waals surface area contributed by atoms with Crippen molar-refractivity contribution >= 4 is 23.1 Å². The molecule has 7 aliphatic rings. The minimum atomic E-state index is -0.548. The molecule has 3 saturated carbocycles. The first-order valence-electron chi connectivity index (χ1n) is 22.9. The SMILES string of the molecule is CC(=O)c1c(OCc2ccccc2)noc1CN(C)C.CC1=CC(=O)[C@H]2[C@@H](C1)[C@H]1C=C[C@@H]2C1.CN(C)[C@H]1c2onc(OCc3ccccc3)c2C(O)=C2C(=O)[C@H]3[C@@H](C[C@]21C)[C@H]1C=C[C@@H]3C1. The second kappa shape index (κ2) is 17.9. The minimum Gasteiger partial charge on any atom is -0.507 e. The third-order valence-electron chi connectivity index (χ3n) is 14.8. The molecule has 0 spiro atoms. The summed E-state index contributed by atoms with van der Waals surface area (Å²) in [6.45, 7) is 6.85. The van der Waals surface area contributed by atoms with Crippen molar-refractivity contribution in [2.45, 2.75) is 72.3 Å². The zero-order chi connectivity index (χ0) is 45.7. The fraction of sp³-hybridized carbons (Fsp3) is 0.453. The number of Topliss-reactive ketones (excluding diaryl/α,β-unsaturated/α-hetero) is 2. The van der Waals surface area contributed by atoms with E-state index in [2.05, 4.69) is 53.4 Å². The average Bonchev–Trinajstić information content (AvgIpc) is 4.14. The van der Waals surface area contributed by atoms with Gasteiger partial charge in [0.1, 0.15) is 30.1 Å². The third-order valence-corrected chi connectivity index (χ3v) is 14.8. The number of carbonyl (C=O) groups excluding carboxylic acids is 3. The number of hydrogen-bond acceptors (Lipinski definition) is 12. The number of allylic oxidation sites excluding steroid dienone is 6. The van der Waals surface area contributed by atoms with E-state index in [1.165, 1.54) is 18.9 Å². The van der Waals surface area contributed by atoms with Crippen LogP contribution in [0.5, 0.6) is 11.8 Å². The Hall–Kier alpha value is -5.85. The zero-order valence-electron chi connectivity index (χ0n) is 38.4. The van der Waals surface area contributed by atoms with Crippen molar-refractivity contribution in [1.82, 2.24) is 20.1 Å². The molecule has 0 amide bonds. The average molecular weight is 881 g/mol. The normalized spacial score (nSPS) is 29.7. The topological polar surface area (TPSA) is 148 Å². The lowest BCUT2D eigenvalue weighted by molar-refractivity contribution is -0.127.